The number of carbonyl (C=O) groups excluding carboxylic acids is 1. The number of nitrogen functional groups attached to an aromatic ring is 1. The van der Waals surface area contributed by atoms with Gasteiger partial charge in [0, 0.05) is 22.4 Å². The van der Waals surface area contributed by atoms with E-state index in [0.717, 1.165) is 51.4 Å². The van der Waals surface area contributed by atoms with E-state index in [1.807, 2.05) is 73.9 Å². The lowest BCUT2D eigenvalue weighted by atomic mass is 9.93. The van der Waals surface area contributed by atoms with Crippen molar-refractivity contribution in [2.75, 3.05) is 11.1 Å². The van der Waals surface area contributed by atoms with Crippen LogP contribution in [0.4, 0.5) is 11.4 Å². The highest BCUT2D eigenvalue weighted by Gasteiger charge is 2.48. The molecule has 1 fully saturated rings. The van der Waals surface area contributed by atoms with Crippen molar-refractivity contribution < 1.29 is 4.79 Å². The fourth-order valence-electron chi connectivity index (χ4n) is 4.68. The highest BCUT2D eigenvalue weighted by atomic mass is 79.9. The average molecular weight is 539 g/mol. The number of amides is 1. The summed E-state index contributed by atoms with van der Waals surface area (Å²) in [5, 5.41) is 2.88. The molecule has 3 aromatic heterocycles. The van der Waals surface area contributed by atoms with Crippen molar-refractivity contribution >= 4 is 38.9 Å². The minimum Gasteiger partial charge on any atom is -0.397 e. The van der Waals surface area contributed by atoms with Gasteiger partial charge in [0.2, 0.25) is 0 Å². The van der Waals surface area contributed by atoms with Gasteiger partial charge in [-0.2, -0.15) is 0 Å². The van der Waals surface area contributed by atoms with E-state index in [4.69, 9.17) is 15.7 Å². The van der Waals surface area contributed by atoms with Crippen LogP contribution >= 0.6 is 15.9 Å². The summed E-state index contributed by atoms with van der Waals surface area (Å²) in [5.74, 6) is 0.593. The molecule has 0 aliphatic heterocycles. The standard InChI is InChI=1S/C28H23BrN6O/c1-17-25(35-16-20(29)10-11-24(35)32-17)23-12-15-31-27(34-23)28(13-14-28)19-8-6-18(7-9-19)26(36)33-22-5-3-2-4-21(22)30/h2-12,15-16H,13-14,30H2,1H3,(H,33,36). The van der Waals surface area contributed by atoms with E-state index in [0.29, 0.717) is 16.9 Å². The number of aromatic nitrogens is 4. The molecule has 0 unspecified atom stereocenters. The lowest BCUT2D eigenvalue weighted by molar-refractivity contribution is 0.102. The maximum absolute atomic E-state index is 12.7. The molecule has 1 aliphatic carbocycles. The molecule has 0 atom stereocenters. The summed E-state index contributed by atoms with van der Waals surface area (Å²) in [7, 11) is 0. The highest BCUT2D eigenvalue weighted by Crippen LogP contribution is 2.52. The van der Waals surface area contributed by atoms with Crippen LogP contribution in [0.5, 0.6) is 0 Å². The fraction of sp³-hybridized carbons (Fsp3) is 0.143. The molecule has 3 N–H and O–H groups in total. The minimum atomic E-state index is -0.246. The number of imidazole rings is 1. The Labute approximate surface area is 216 Å². The third-order valence-corrected chi connectivity index (χ3v) is 7.21. The van der Waals surface area contributed by atoms with Gasteiger partial charge in [-0.1, -0.05) is 24.3 Å². The first kappa shape index (κ1) is 22.4. The zero-order valence-corrected chi connectivity index (χ0v) is 21.2. The molecule has 1 saturated carbocycles. The first-order chi connectivity index (χ1) is 17.4. The van der Waals surface area contributed by atoms with Gasteiger partial charge in [-0.05, 0) is 83.7 Å². The first-order valence-corrected chi connectivity index (χ1v) is 12.5. The van der Waals surface area contributed by atoms with Gasteiger partial charge in [0.05, 0.1) is 33.9 Å². The van der Waals surface area contributed by atoms with E-state index in [9.17, 15) is 4.79 Å². The molecule has 1 amide bonds. The van der Waals surface area contributed by atoms with E-state index >= 15 is 0 Å². The van der Waals surface area contributed by atoms with E-state index in [-0.39, 0.29) is 11.3 Å². The maximum atomic E-state index is 12.7. The number of fused-ring (bicyclic) bond motifs is 1. The second-order valence-electron chi connectivity index (χ2n) is 9.09. The van der Waals surface area contributed by atoms with Crippen LogP contribution in [0.2, 0.25) is 0 Å². The van der Waals surface area contributed by atoms with Crippen molar-refractivity contribution in [3.63, 3.8) is 0 Å². The van der Waals surface area contributed by atoms with E-state index in [1.54, 1.807) is 12.1 Å². The lowest BCUT2D eigenvalue weighted by Gasteiger charge is -2.16. The third-order valence-electron chi connectivity index (χ3n) is 6.74. The molecular weight excluding hydrogens is 516 g/mol. The molecule has 36 heavy (non-hydrogen) atoms. The van der Waals surface area contributed by atoms with Crippen LogP contribution < -0.4 is 11.1 Å². The fourth-order valence-corrected chi connectivity index (χ4v) is 5.02. The van der Waals surface area contributed by atoms with Gasteiger partial charge in [0.25, 0.3) is 5.91 Å². The number of carbonyl (C=O) groups is 1. The van der Waals surface area contributed by atoms with Crippen molar-refractivity contribution in [2.24, 2.45) is 0 Å². The minimum absolute atomic E-state index is 0.197. The molecule has 1 aliphatic rings. The van der Waals surface area contributed by atoms with Crippen LogP contribution in [0.15, 0.2) is 83.6 Å². The Bertz CT molecular complexity index is 1620. The molecular formula is C28H23BrN6O. The normalized spacial score (nSPS) is 14.1. The molecule has 6 rings (SSSR count). The van der Waals surface area contributed by atoms with Crippen molar-refractivity contribution in [1.82, 2.24) is 19.4 Å². The topological polar surface area (TPSA) is 98.2 Å². The third kappa shape index (κ3) is 3.83. The van der Waals surface area contributed by atoms with Gasteiger partial charge < -0.3 is 11.1 Å². The molecule has 5 aromatic rings. The second-order valence-corrected chi connectivity index (χ2v) is 10.0. The highest BCUT2D eigenvalue weighted by molar-refractivity contribution is 9.10. The molecule has 0 spiro atoms. The van der Waals surface area contributed by atoms with Gasteiger partial charge in [0.15, 0.2) is 0 Å². The van der Waals surface area contributed by atoms with Crippen LogP contribution in [-0.2, 0) is 5.41 Å². The number of hydrogen-bond donors (Lipinski definition) is 2. The molecule has 0 saturated heterocycles. The number of benzene rings is 2. The van der Waals surface area contributed by atoms with Crippen molar-refractivity contribution in [3.05, 3.63) is 106 Å². The number of halogens is 1. The number of aryl methyl sites for hydroxylation is 1. The van der Waals surface area contributed by atoms with Crippen molar-refractivity contribution in [3.8, 4) is 11.4 Å². The van der Waals surface area contributed by atoms with Gasteiger partial charge in [-0.3, -0.25) is 9.20 Å². The van der Waals surface area contributed by atoms with Crippen LogP contribution in [0, 0.1) is 6.92 Å². The van der Waals surface area contributed by atoms with Crippen LogP contribution in [0.1, 0.15) is 40.3 Å². The van der Waals surface area contributed by atoms with Gasteiger partial charge >= 0.3 is 0 Å². The number of anilines is 2. The summed E-state index contributed by atoms with van der Waals surface area (Å²) < 4.78 is 3.03. The van der Waals surface area contributed by atoms with E-state index in [1.165, 1.54) is 0 Å². The Morgan fingerprint density at radius 1 is 1.03 bits per heavy atom. The second kappa shape index (κ2) is 8.57. The number of nitrogens with zero attached hydrogens (tertiary/aromatic N) is 4. The molecule has 7 nitrogen and oxygen atoms in total. The lowest BCUT2D eigenvalue weighted by Crippen LogP contribution is -2.16. The first-order valence-electron chi connectivity index (χ1n) is 11.7. The number of hydrogen-bond acceptors (Lipinski definition) is 5. The summed E-state index contributed by atoms with van der Waals surface area (Å²) in [6, 6.07) is 20.8. The monoisotopic (exact) mass is 538 g/mol. The van der Waals surface area contributed by atoms with Crippen LogP contribution in [0.25, 0.3) is 17.0 Å². The summed E-state index contributed by atoms with van der Waals surface area (Å²) in [6.45, 7) is 2.00. The largest absolute Gasteiger partial charge is 0.397 e. The smallest absolute Gasteiger partial charge is 0.255 e. The predicted molar refractivity (Wildman–Crippen MR) is 144 cm³/mol. The molecule has 8 heteroatoms. The Kier molecular flexibility index (Phi) is 5.34. The molecule has 0 radical (unpaired) electrons. The SMILES string of the molecule is Cc1nc2ccc(Br)cn2c1-c1ccnc(C2(c3ccc(C(=O)Nc4ccccc4N)cc3)CC2)n1. The van der Waals surface area contributed by atoms with E-state index < -0.39 is 0 Å². The zero-order valence-electron chi connectivity index (χ0n) is 19.6. The van der Waals surface area contributed by atoms with Gasteiger partial charge in [0.1, 0.15) is 11.5 Å². The summed E-state index contributed by atoms with van der Waals surface area (Å²) in [6.07, 6.45) is 5.74. The van der Waals surface area contributed by atoms with E-state index in [2.05, 4.69) is 30.6 Å². The Balaban J connectivity index is 1.30. The Morgan fingerprint density at radius 2 is 1.81 bits per heavy atom. The number of nitrogens with two attached hydrogens (primary N) is 1. The Hall–Kier alpha value is -4.04. The van der Waals surface area contributed by atoms with Gasteiger partial charge in [-0.15, -0.1) is 0 Å². The number of pyridine rings is 1. The molecule has 178 valence electrons. The van der Waals surface area contributed by atoms with Crippen molar-refractivity contribution in [1.29, 1.82) is 0 Å². The summed E-state index contributed by atoms with van der Waals surface area (Å²) in [4.78, 5) is 27.1. The summed E-state index contributed by atoms with van der Waals surface area (Å²) in [5.41, 5.74) is 12.1. The van der Waals surface area contributed by atoms with Crippen LogP contribution in [0.3, 0.4) is 0 Å². The van der Waals surface area contributed by atoms with Crippen LogP contribution in [-0.4, -0.2) is 25.3 Å². The molecule has 2 aromatic carbocycles. The van der Waals surface area contributed by atoms with Crippen molar-refractivity contribution in [2.45, 2.75) is 25.2 Å². The number of para-hydroxylation sites is 2. The molecule has 3 heterocycles. The summed E-state index contributed by atoms with van der Waals surface area (Å²) >= 11 is 3.56. The quantitative estimate of drug-likeness (QED) is 0.276. The van der Waals surface area contributed by atoms with Gasteiger partial charge in [-0.25, -0.2) is 15.0 Å². The number of rotatable bonds is 5. The maximum Gasteiger partial charge on any atom is 0.255 e. The zero-order chi connectivity index (χ0) is 24.9. The Morgan fingerprint density at radius 3 is 2.56 bits per heavy atom. The predicted octanol–water partition coefficient (Wildman–Crippen LogP) is 5.78. The number of nitrogens with one attached hydrogen (secondary N) is 1. The average Bonchev–Trinajstić information content (AvgIpc) is 3.63. The molecule has 0 bridgehead atoms.